The highest BCUT2D eigenvalue weighted by atomic mass is 35.5. The third kappa shape index (κ3) is 5.02. The highest BCUT2D eigenvalue weighted by Crippen LogP contribution is 2.16. The molecule has 0 spiro atoms. The van der Waals surface area contributed by atoms with Crippen molar-refractivity contribution in [3.05, 3.63) is 59.1 Å². The number of nitrogens with one attached hydrogen (secondary N) is 1. The maximum absolute atomic E-state index is 11.3. The molecule has 1 N–H and O–H groups in total. The summed E-state index contributed by atoms with van der Waals surface area (Å²) in [5.74, 6) is 0.645. The summed E-state index contributed by atoms with van der Waals surface area (Å²) < 4.78 is 28.2. The van der Waals surface area contributed by atoms with Crippen molar-refractivity contribution in [1.82, 2.24) is 5.32 Å². The lowest BCUT2D eigenvalue weighted by molar-refractivity contribution is 0.313. The van der Waals surface area contributed by atoms with Gasteiger partial charge in [0.05, 0.1) is 4.90 Å². The van der Waals surface area contributed by atoms with Crippen LogP contribution in [0.25, 0.3) is 0 Å². The Hall–Kier alpha value is -1.56. The molecule has 0 amide bonds. The van der Waals surface area contributed by atoms with E-state index in [1.807, 2.05) is 24.3 Å². The molecule has 0 heterocycles. The fraction of sp³-hybridized carbons (Fsp3) is 0.250. The fourth-order valence-electron chi connectivity index (χ4n) is 1.89. The van der Waals surface area contributed by atoms with Gasteiger partial charge >= 0.3 is 0 Å². The van der Waals surface area contributed by atoms with E-state index in [-0.39, 0.29) is 4.90 Å². The highest BCUT2D eigenvalue weighted by Gasteiger charge is 2.06. The number of hydrogen-bond acceptors (Lipinski definition) is 4. The minimum atomic E-state index is -3.16. The normalized spacial score (nSPS) is 11.4. The van der Waals surface area contributed by atoms with Crippen molar-refractivity contribution in [1.29, 1.82) is 0 Å². The van der Waals surface area contributed by atoms with Crippen LogP contribution in [0, 0.1) is 0 Å². The smallest absolute Gasteiger partial charge is 0.175 e. The minimum absolute atomic E-state index is 0.289. The average molecular weight is 340 g/mol. The first kappa shape index (κ1) is 16.8. The van der Waals surface area contributed by atoms with Crippen LogP contribution < -0.4 is 10.1 Å². The van der Waals surface area contributed by atoms with Gasteiger partial charge in [-0.05, 0) is 35.9 Å². The Balaban J connectivity index is 1.74. The van der Waals surface area contributed by atoms with E-state index in [0.29, 0.717) is 25.4 Å². The van der Waals surface area contributed by atoms with Crippen molar-refractivity contribution >= 4 is 21.4 Å². The Morgan fingerprint density at radius 1 is 1.09 bits per heavy atom. The van der Waals surface area contributed by atoms with Crippen LogP contribution in [0.3, 0.4) is 0 Å². The SMILES string of the molecule is CS(=O)(=O)c1ccc(OCCNCc2ccccc2Cl)cc1. The second kappa shape index (κ2) is 7.63. The van der Waals surface area contributed by atoms with Gasteiger partial charge in [0.25, 0.3) is 0 Å². The summed E-state index contributed by atoms with van der Waals surface area (Å²) in [6.45, 7) is 1.83. The van der Waals surface area contributed by atoms with E-state index in [4.69, 9.17) is 16.3 Å². The zero-order chi connectivity index (χ0) is 16.0. The Morgan fingerprint density at radius 2 is 1.77 bits per heavy atom. The molecule has 0 aliphatic heterocycles. The molecule has 0 aliphatic carbocycles. The van der Waals surface area contributed by atoms with Gasteiger partial charge < -0.3 is 10.1 Å². The summed E-state index contributed by atoms with van der Waals surface area (Å²) in [5, 5.41) is 3.99. The Morgan fingerprint density at radius 3 is 2.41 bits per heavy atom. The van der Waals surface area contributed by atoms with Crippen LogP contribution >= 0.6 is 11.6 Å². The minimum Gasteiger partial charge on any atom is -0.492 e. The molecule has 0 atom stereocenters. The molecule has 4 nitrogen and oxygen atoms in total. The van der Waals surface area contributed by atoms with Crippen LogP contribution in [-0.2, 0) is 16.4 Å². The van der Waals surface area contributed by atoms with Gasteiger partial charge in [-0.1, -0.05) is 29.8 Å². The molecule has 0 saturated heterocycles. The van der Waals surface area contributed by atoms with Gasteiger partial charge in [-0.15, -0.1) is 0 Å². The molecule has 6 heteroatoms. The topological polar surface area (TPSA) is 55.4 Å². The third-order valence-electron chi connectivity index (χ3n) is 3.07. The van der Waals surface area contributed by atoms with Crippen LogP contribution in [0.1, 0.15) is 5.56 Å². The molecule has 2 aromatic carbocycles. The summed E-state index contributed by atoms with van der Waals surface area (Å²) in [4.78, 5) is 0.289. The van der Waals surface area contributed by atoms with E-state index in [0.717, 1.165) is 10.6 Å². The Bertz CT molecular complexity index is 714. The van der Waals surface area contributed by atoms with Crippen LogP contribution in [0.15, 0.2) is 53.4 Å². The monoisotopic (exact) mass is 339 g/mol. The number of hydrogen-bond donors (Lipinski definition) is 1. The average Bonchev–Trinajstić information content (AvgIpc) is 2.48. The van der Waals surface area contributed by atoms with Crippen molar-refractivity contribution < 1.29 is 13.2 Å². The molecular formula is C16H18ClNO3S. The number of sulfone groups is 1. The lowest BCUT2D eigenvalue weighted by Gasteiger charge is -2.09. The predicted molar refractivity (Wildman–Crippen MR) is 88.2 cm³/mol. The van der Waals surface area contributed by atoms with Crippen LogP contribution in [-0.4, -0.2) is 27.8 Å². The maximum atomic E-state index is 11.3. The summed E-state index contributed by atoms with van der Waals surface area (Å²) in [7, 11) is -3.16. The number of ether oxygens (including phenoxy) is 1. The van der Waals surface area contributed by atoms with Gasteiger partial charge in [-0.25, -0.2) is 8.42 Å². The molecule has 2 aromatic rings. The summed E-state index contributed by atoms with van der Waals surface area (Å²) >= 11 is 6.06. The molecule has 0 fully saturated rings. The van der Waals surface area contributed by atoms with Gasteiger partial charge in [-0.2, -0.15) is 0 Å². The molecule has 0 aromatic heterocycles. The summed E-state index contributed by atoms with van der Waals surface area (Å²) in [6.07, 6.45) is 1.18. The first-order valence-electron chi connectivity index (χ1n) is 6.84. The predicted octanol–water partition coefficient (Wildman–Crippen LogP) is 2.91. The number of rotatable bonds is 7. The van der Waals surface area contributed by atoms with Gasteiger partial charge in [0, 0.05) is 24.4 Å². The zero-order valence-corrected chi connectivity index (χ0v) is 13.8. The van der Waals surface area contributed by atoms with Crippen molar-refractivity contribution in [2.75, 3.05) is 19.4 Å². The molecule has 118 valence electrons. The largest absolute Gasteiger partial charge is 0.492 e. The van der Waals surface area contributed by atoms with Crippen molar-refractivity contribution in [3.63, 3.8) is 0 Å². The fourth-order valence-corrected chi connectivity index (χ4v) is 2.72. The van der Waals surface area contributed by atoms with Gasteiger partial charge in [-0.3, -0.25) is 0 Å². The molecule has 0 aliphatic rings. The van der Waals surface area contributed by atoms with Crippen molar-refractivity contribution in [3.8, 4) is 5.75 Å². The van der Waals surface area contributed by atoms with Crippen LogP contribution in [0.5, 0.6) is 5.75 Å². The number of benzene rings is 2. The number of halogens is 1. The van der Waals surface area contributed by atoms with Gasteiger partial charge in [0.1, 0.15) is 12.4 Å². The summed E-state index contributed by atoms with van der Waals surface area (Å²) in [6, 6.07) is 14.1. The Kier molecular flexibility index (Phi) is 5.83. The Labute approximate surface area is 136 Å². The van der Waals surface area contributed by atoms with Crippen LogP contribution in [0.2, 0.25) is 5.02 Å². The van der Waals surface area contributed by atoms with Crippen LogP contribution in [0.4, 0.5) is 0 Å². The van der Waals surface area contributed by atoms with E-state index >= 15 is 0 Å². The van der Waals surface area contributed by atoms with Gasteiger partial charge in [0.15, 0.2) is 9.84 Å². The lowest BCUT2D eigenvalue weighted by atomic mass is 10.2. The van der Waals surface area contributed by atoms with E-state index in [2.05, 4.69) is 5.32 Å². The lowest BCUT2D eigenvalue weighted by Crippen LogP contribution is -2.20. The molecule has 0 saturated carbocycles. The highest BCUT2D eigenvalue weighted by molar-refractivity contribution is 7.90. The standard InChI is InChI=1S/C16H18ClNO3S/c1-22(19,20)15-8-6-14(7-9-15)21-11-10-18-12-13-4-2-3-5-16(13)17/h2-9,18H,10-12H2,1H3. The molecule has 0 radical (unpaired) electrons. The zero-order valence-electron chi connectivity index (χ0n) is 12.3. The molecule has 2 rings (SSSR count). The van der Waals surface area contributed by atoms with Gasteiger partial charge in [0.2, 0.25) is 0 Å². The van der Waals surface area contributed by atoms with E-state index < -0.39 is 9.84 Å². The second-order valence-corrected chi connectivity index (χ2v) is 7.28. The summed E-state index contributed by atoms with van der Waals surface area (Å²) in [5.41, 5.74) is 1.04. The molecule has 0 bridgehead atoms. The molecule has 22 heavy (non-hydrogen) atoms. The maximum Gasteiger partial charge on any atom is 0.175 e. The quantitative estimate of drug-likeness (QED) is 0.788. The molecule has 0 unspecified atom stereocenters. The van der Waals surface area contributed by atoms with Crippen molar-refractivity contribution in [2.45, 2.75) is 11.4 Å². The van der Waals surface area contributed by atoms with E-state index in [1.54, 1.807) is 24.3 Å². The molecular weight excluding hydrogens is 322 g/mol. The first-order chi connectivity index (χ1) is 10.5. The second-order valence-electron chi connectivity index (χ2n) is 4.86. The van der Waals surface area contributed by atoms with Crippen molar-refractivity contribution in [2.24, 2.45) is 0 Å². The van der Waals surface area contributed by atoms with E-state index in [9.17, 15) is 8.42 Å². The first-order valence-corrected chi connectivity index (χ1v) is 9.11. The van der Waals surface area contributed by atoms with E-state index in [1.165, 1.54) is 6.26 Å². The third-order valence-corrected chi connectivity index (χ3v) is 4.57.